The van der Waals surface area contributed by atoms with Crippen LogP contribution in [0.4, 0.5) is 5.69 Å². The quantitative estimate of drug-likeness (QED) is 0.586. The van der Waals surface area contributed by atoms with Crippen LogP contribution < -0.4 is 10.1 Å². The molecule has 0 saturated carbocycles. The van der Waals surface area contributed by atoms with E-state index in [1.807, 2.05) is 6.07 Å². The molecule has 23 heavy (non-hydrogen) atoms. The van der Waals surface area contributed by atoms with Crippen LogP contribution in [0.2, 0.25) is 0 Å². The summed E-state index contributed by atoms with van der Waals surface area (Å²) in [5, 5.41) is 2.75. The van der Waals surface area contributed by atoms with Gasteiger partial charge < -0.3 is 14.8 Å². The lowest BCUT2D eigenvalue weighted by molar-refractivity contribution is 0.0527. The largest absolute Gasteiger partial charge is 0.497 e. The van der Waals surface area contributed by atoms with Crippen LogP contribution in [0, 0.1) is 3.57 Å². The number of ether oxygens (including phenoxy) is 2. The first-order valence-corrected chi connectivity index (χ1v) is 8.05. The van der Waals surface area contributed by atoms with E-state index >= 15 is 0 Å². The number of halogens is 1. The SMILES string of the molecule is CCOC(=O)c1cc(I)ccc1NC(=O)c1ccc(OC)cc1. The number of hydrogen-bond acceptors (Lipinski definition) is 4. The highest BCUT2D eigenvalue weighted by molar-refractivity contribution is 14.1. The first kappa shape index (κ1) is 17.3. The number of amides is 1. The highest BCUT2D eigenvalue weighted by Crippen LogP contribution is 2.21. The lowest BCUT2D eigenvalue weighted by Gasteiger charge is -2.11. The number of methoxy groups -OCH3 is 1. The van der Waals surface area contributed by atoms with Crippen molar-refractivity contribution in [1.82, 2.24) is 0 Å². The topological polar surface area (TPSA) is 64.6 Å². The van der Waals surface area contributed by atoms with Crippen molar-refractivity contribution >= 4 is 40.2 Å². The second-order valence-corrected chi connectivity index (χ2v) is 5.84. The number of esters is 1. The Balaban J connectivity index is 2.24. The molecule has 1 amide bonds. The van der Waals surface area contributed by atoms with Crippen molar-refractivity contribution < 1.29 is 19.1 Å². The van der Waals surface area contributed by atoms with Gasteiger partial charge in [0.15, 0.2) is 0 Å². The van der Waals surface area contributed by atoms with Crippen LogP contribution in [0.5, 0.6) is 5.75 Å². The molecule has 0 radical (unpaired) electrons. The molecule has 0 heterocycles. The van der Waals surface area contributed by atoms with Crippen LogP contribution in [0.1, 0.15) is 27.6 Å². The zero-order valence-corrected chi connectivity index (χ0v) is 14.9. The smallest absolute Gasteiger partial charge is 0.340 e. The normalized spacial score (nSPS) is 10.0. The summed E-state index contributed by atoms with van der Waals surface area (Å²) >= 11 is 2.10. The van der Waals surface area contributed by atoms with Gasteiger partial charge in [-0.15, -0.1) is 0 Å². The van der Waals surface area contributed by atoms with E-state index in [-0.39, 0.29) is 12.5 Å². The van der Waals surface area contributed by atoms with E-state index in [0.717, 1.165) is 3.57 Å². The van der Waals surface area contributed by atoms with Crippen LogP contribution in [0.3, 0.4) is 0 Å². The van der Waals surface area contributed by atoms with Gasteiger partial charge in [-0.1, -0.05) is 0 Å². The number of benzene rings is 2. The molecule has 6 heteroatoms. The molecule has 5 nitrogen and oxygen atoms in total. The predicted molar refractivity (Wildman–Crippen MR) is 96.1 cm³/mol. The molecule has 2 rings (SSSR count). The van der Waals surface area contributed by atoms with Gasteiger partial charge in [0.05, 0.1) is 25.0 Å². The van der Waals surface area contributed by atoms with Crippen LogP contribution in [-0.2, 0) is 4.74 Å². The molecule has 120 valence electrons. The average Bonchev–Trinajstić information content (AvgIpc) is 2.56. The molecule has 2 aromatic carbocycles. The van der Waals surface area contributed by atoms with Gasteiger partial charge in [-0.3, -0.25) is 4.79 Å². The van der Waals surface area contributed by atoms with Crippen molar-refractivity contribution in [3.63, 3.8) is 0 Å². The Morgan fingerprint density at radius 1 is 1.13 bits per heavy atom. The third-order valence-corrected chi connectivity index (χ3v) is 3.75. The highest BCUT2D eigenvalue weighted by Gasteiger charge is 2.16. The predicted octanol–water partition coefficient (Wildman–Crippen LogP) is 3.73. The van der Waals surface area contributed by atoms with Gasteiger partial charge in [-0.25, -0.2) is 4.79 Å². The van der Waals surface area contributed by atoms with Crippen LogP contribution in [0.25, 0.3) is 0 Å². The summed E-state index contributed by atoms with van der Waals surface area (Å²) < 4.78 is 11.0. The molecule has 0 aliphatic heterocycles. The summed E-state index contributed by atoms with van der Waals surface area (Å²) in [7, 11) is 1.56. The number of carbonyl (C=O) groups excluding carboxylic acids is 2. The van der Waals surface area contributed by atoms with Crippen molar-refractivity contribution in [2.75, 3.05) is 19.0 Å². The zero-order valence-electron chi connectivity index (χ0n) is 12.8. The van der Waals surface area contributed by atoms with Gasteiger partial charge >= 0.3 is 5.97 Å². The van der Waals surface area contributed by atoms with E-state index in [2.05, 4.69) is 27.9 Å². The Morgan fingerprint density at radius 3 is 2.43 bits per heavy atom. The summed E-state index contributed by atoms with van der Waals surface area (Å²) in [6.45, 7) is 2.01. The molecule has 0 atom stereocenters. The van der Waals surface area contributed by atoms with Crippen molar-refractivity contribution in [1.29, 1.82) is 0 Å². The monoisotopic (exact) mass is 425 g/mol. The van der Waals surface area contributed by atoms with Crippen molar-refractivity contribution in [3.05, 3.63) is 57.2 Å². The van der Waals surface area contributed by atoms with Crippen molar-refractivity contribution in [3.8, 4) is 5.75 Å². The van der Waals surface area contributed by atoms with Gasteiger partial charge in [-0.2, -0.15) is 0 Å². The van der Waals surface area contributed by atoms with E-state index in [1.54, 1.807) is 50.4 Å². The number of rotatable bonds is 5. The van der Waals surface area contributed by atoms with E-state index in [4.69, 9.17) is 9.47 Å². The first-order valence-electron chi connectivity index (χ1n) is 6.97. The number of anilines is 1. The summed E-state index contributed by atoms with van der Waals surface area (Å²) in [4.78, 5) is 24.4. The number of hydrogen-bond donors (Lipinski definition) is 1. The molecule has 0 bridgehead atoms. The molecule has 0 aliphatic carbocycles. The third-order valence-electron chi connectivity index (χ3n) is 3.08. The fourth-order valence-corrected chi connectivity index (χ4v) is 2.43. The zero-order chi connectivity index (χ0) is 16.8. The molecular weight excluding hydrogens is 409 g/mol. The molecular formula is C17H16INO4. The standard InChI is InChI=1S/C17H16INO4/c1-3-23-17(21)14-10-12(18)6-9-15(14)19-16(20)11-4-7-13(22-2)8-5-11/h4-10H,3H2,1-2H3,(H,19,20). The minimum Gasteiger partial charge on any atom is -0.497 e. The fourth-order valence-electron chi connectivity index (χ4n) is 1.94. The second-order valence-electron chi connectivity index (χ2n) is 4.59. The molecule has 0 spiro atoms. The molecule has 1 N–H and O–H groups in total. The van der Waals surface area contributed by atoms with Gasteiger partial charge in [0, 0.05) is 9.13 Å². The maximum absolute atomic E-state index is 12.3. The van der Waals surface area contributed by atoms with E-state index < -0.39 is 5.97 Å². The van der Waals surface area contributed by atoms with Gasteiger partial charge in [0.2, 0.25) is 0 Å². The fraction of sp³-hybridized carbons (Fsp3) is 0.176. The maximum atomic E-state index is 12.3. The molecule has 0 unspecified atom stereocenters. The Labute approximate surface area is 148 Å². The van der Waals surface area contributed by atoms with Crippen LogP contribution in [-0.4, -0.2) is 25.6 Å². The molecule has 0 aliphatic rings. The Kier molecular flexibility index (Phi) is 5.97. The number of carbonyl (C=O) groups is 2. The van der Waals surface area contributed by atoms with E-state index in [0.29, 0.717) is 22.6 Å². The maximum Gasteiger partial charge on any atom is 0.340 e. The summed E-state index contributed by atoms with van der Waals surface area (Å²) in [6.07, 6.45) is 0. The minimum atomic E-state index is -0.462. The summed E-state index contributed by atoms with van der Waals surface area (Å²) in [5.74, 6) is -0.0986. The minimum absolute atomic E-state index is 0.274. The summed E-state index contributed by atoms with van der Waals surface area (Å²) in [5.41, 5.74) is 1.23. The van der Waals surface area contributed by atoms with Crippen molar-refractivity contribution in [2.45, 2.75) is 6.92 Å². The third kappa shape index (κ3) is 4.44. The molecule has 0 saturated heterocycles. The highest BCUT2D eigenvalue weighted by atomic mass is 127. The molecule has 0 aromatic heterocycles. The Bertz CT molecular complexity index is 713. The lowest BCUT2D eigenvalue weighted by Crippen LogP contribution is -2.16. The Hall–Kier alpha value is -2.09. The van der Waals surface area contributed by atoms with Crippen LogP contribution >= 0.6 is 22.6 Å². The van der Waals surface area contributed by atoms with Gasteiger partial charge in [0.1, 0.15) is 5.75 Å². The van der Waals surface area contributed by atoms with E-state index in [9.17, 15) is 9.59 Å². The van der Waals surface area contributed by atoms with Crippen LogP contribution in [0.15, 0.2) is 42.5 Å². The first-order chi connectivity index (χ1) is 11.0. The van der Waals surface area contributed by atoms with E-state index in [1.165, 1.54) is 0 Å². The average molecular weight is 425 g/mol. The van der Waals surface area contributed by atoms with Gasteiger partial charge in [0.25, 0.3) is 5.91 Å². The second kappa shape index (κ2) is 7.96. The molecule has 0 fully saturated rings. The van der Waals surface area contributed by atoms with Crippen molar-refractivity contribution in [2.24, 2.45) is 0 Å². The lowest BCUT2D eigenvalue weighted by atomic mass is 10.1. The Morgan fingerprint density at radius 2 is 1.83 bits per heavy atom. The molecule has 2 aromatic rings. The number of nitrogens with one attached hydrogen (secondary N) is 1. The summed E-state index contributed by atoms with van der Waals surface area (Å²) in [6, 6.07) is 11.9. The van der Waals surface area contributed by atoms with Gasteiger partial charge in [-0.05, 0) is 72.0 Å².